The number of nitrogens with one attached hydrogen (secondary N) is 1. The van der Waals surface area contributed by atoms with Crippen LogP contribution in [-0.2, 0) is 20.7 Å². The van der Waals surface area contributed by atoms with E-state index in [0.29, 0.717) is 18.0 Å². The van der Waals surface area contributed by atoms with Gasteiger partial charge in [-0.15, -0.1) is 0 Å². The Bertz CT molecular complexity index is 613. The van der Waals surface area contributed by atoms with Crippen LogP contribution in [0.1, 0.15) is 5.56 Å². The number of aliphatic carboxylic acids is 1. The van der Waals surface area contributed by atoms with Gasteiger partial charge in [0.1, 0.15) is 5.92 Å². The zero-order valence-corrected chi connectivity index (χ0v) is 12.5. The molecule has 0 aromatic heterocycles. The van der Waals surface area contributed by atoms with Crippen LogP contribution in [0.25, 0.3) is 0 Å². The van der Waals surface area contributed by atoms with Crippen LogP contribution in [-0.4, -0.2) is 35.7 Å². The summed E-state index contributed by atoms with van der Waals surface area (Å²) in [6.45, 7) is 0.449. The maximum Gasteiger partial charge on any atom is 0.310 e. The zero-order valence-electron chi connectivity index (χ0n) is 11.7. The van der Waals surface area contributed by atoms with Crippen LogP contribution in [0.5, 0.6) is 0 Å². The molecule has 1 aromatic carbocycles. The molecule has 1 amide bonds. The van der Waals surface area contributed by atoms with Gasteiger partial charge in [0.05, 0.1) is 18.1 Å². The number of carbonyl (C=O) groups excluding carboxylic acids is 1. The van der Waals surface area contributed by atoms with Crippen LogP contribution in [0.3, 0.4) is 0 Å². The van der Waals surface area contributed by atoms with Crippen LogP contribution in [0.15, 0.2) is 36.4 Å². The Hall–Kier alpha value is -1.85. The fourth-order valence-electron chi connectivity index (χ4n) is 3.01. The molecule has 6 heteroatoms. The number of amides is 1. The molecule has 3 rings (SSSR count). The van der Waals surface area contributed by atoms with Gasteiger partial charge in [0.15, 0.2) is 0 Å². The van der Waals surface area contributed by atoms with Gasteiger partial charge in [-0.25, -0.2) is 0 Å². The lowest BCUT2D eigenvalue weighted by Crippen LogP contribution is -2.43. The molecule has 1 aromatic rings. The second-order valence-electron chi connectivity index (χ2n) is 5.51. The third kappa shape index (κ3) is 2.87. The number of hydrogen-bond acceptors (Lipinski definition) is 3. The Morgan fingerprint density at radius 3 is 2.41 bits per heavy atom. The molecule has 2 heterocycles. The second kappa shape index (κ2) is 6.10. The molecule has 0 saturated carbocycles. The molecule has 0 unspecified atom stereocenters. The van der Waals surface area contributed by atoms with E-state index in [1.807, 2.05) is 12.1 Å². The molecular formula is C16H16ClNO4. The van der Waals surface area contributed by atoms with Gasteiger partial charge in [-0.2, -0.15) is 0 Å². The van der Waals surface area contributed by atoms with E-state index in [2.05, 4.69) is 5.32 Å². The summed E-state index contributed by atoms with van der Waals surface area (Å²) in [5, 5.41) is 12.8. The average Bonchev–Trinajstić information content (AvgIpc) is 3.09. The molecular weight excluding hydrogens is 306 g/mol. The fraction of sp³-hybridized carbons (Fsp3) is 0.375. The number of ether oxygens (including phenoxy) is 1. The molecule has 0 aliphatic carbocycles. The van der Waals surface area contributed by atoms with Crippen LogP contribution in [0, 0.1) is 11.8 Å². The van der Waals surface area contributed by atoms with E-state index < -0.39 is 30.0 Å². The SMILES string of the molecule is O=C(O)[C@@H]1[C@H](C(=O)NCCc2ccc(Cl)cc2)[C@@H]2C=C[C@H]1O2. The molecule has 2 N–H and O–H groups in total. The van der Waals surface area contributed by atoms with Gasteiger partial charge < -0.3 is 15.2 Å². The van der Waals surface area contributed by atoms with Crippen molar-refractivity contribution < 1.29 is 19.4 Å². The van der Waals surface area contributed by atoms with E-state index in [-0.39, 0.29) is 5.91 Å². The van der Waals surface area contributed by atoms with E-state index >= 15 is 0 Å². The Kier molecular flexibility index (Phi) is 4.18. The first-order valence-electron chi connectivity index (χ1n) is 7.15. The molecule has 22 heavy (non-hydrogen) atoms. The summed E-state index contributed by atoms with van der Waals surface area (Å²) in [5.74, 6) is -2.71. The molecule has 0 radical (unpaired) electrons. The van der Waals surface area contributed by atoms with Crippen molar-refractivity contribution in [1.82, 2.24) is 5.32 Å². The maximum absolute atomic E-state index is 12.3. The van der Waals surface area contributed by atoms with Gasteiger partial charge in [0, 0.05) is 11.6 Å². The highest BCUT2D eigenvalue weighted by Crippen LogP contribution is 2.39. The Morgan fingerprint density at radius 2 is 1.77 bits per heavy atom. The van der Waals surface area contributed by atoms with E-state index in [4.69, 9.17) is 16.3 Å². The van der Waals surface area contributed by atoms with Crippen molar-refractivity contribution in [1.29, 1.82) is 0 Å². The minimum atomic E-state index is -0.991. The number of benzene rings is 1. The van der Waals surface area contributed by atoms with Gasteiger partial charge in [0.25, 0.3) is 0 Å². The lowest BCUT2D eigenvalue weighted by atomic mass is 9.82. The smallest absolute Gasteiger partial charge is 0.310 e. The number of carbonyl (C=O) groups is 2. The van der Waals surface area contributed by atoms with Gasteiger partial charge in [-0.05, 0) is 24.1 Å². The molecule has 1 saturated heterocycles. The normalized spacial score (nSPS) is 28.8. The van der Waals surface area contributed by atoms with Crippen molar-refractivity contribution in [2.24, 2.45) is 11.8 Å². The summed E-state index contributed by atoms with van der Waals surface area (Å²) in [6, 6.07) is 7.40. The van der Waals surface area contributed by atoms with Crippen LogP contribution < -0.4 is 5.32 Å². The van der Waals surface area contributed by atoms with Gasteiger partial charge in [-0.3, -0.25) is 9.59 Å². The standard InChI is InChI=1S/C16H16ClNO4/c17-10-3-1-9(2-4-10)7-8-18-15(19)13-11-5-6-12(22-11)14(13)16(20)21/h1-6,11-14H,7-8H2,(H,18,19)(H,20,21)/t11-,12+,13+,14-/m0/s1. The number of rotatable bonds is 5. The summed E-state index contributed by atoms with van der Waals surface area (Å²) < 4.78 is 5.49. The third-order valence-corrected chi connectivity index (χ3v) is 4.37. The third-order valence-electron chi connectivity index (χ3n) is 4.11. The minimum absolute atomic E-state index is 0.266. The van der Waals surface area contributed by atoms with Gasteiger partial charge in [0.2, 0.25) is 5.91 Å². The second-order valence-corrected chi connectivity index (χ2v) is 5.94. The predicted molar refractivity (Wildman–Crippen MR) is 80.6 cm³/mol. The number of hydrogen-bond donors (Lipinski definition) is 2. The van der Waals surface area contributed by atoms with E-state index in [9.17, 15) is 14.7 Å². The van der Waals surface area contributed by atoms with Gasteiger partial charge in [-0.1, -0.05) is 35.9 Å². The summed E-state index contributed by atoms with van der Waals surface area (Å²) in [5.41, 5.74) is 1.06. The highest BCUT2D eigenvalue weighted by molar-refractivity contribution is 6.30. The Morgan fingerprint density at radius 1 is 1.14 bits per heavy atom. The highest BCUT2D eigenvalue weighted by atomic mass is 35.5. The first-order valence-corrected chi connectivity index (χ1v) is 7.53. The molecule has 2 aliphatic rings. The van der Waals surface area contributed by atoms with Crippen molar-refractivity contribution >= 4 is 23.5 Å². The maximum atomic E-state index is 12.3. The number of carboxylic acid groups (broad SMARTS) is 1. The van der Waals surface area contributed by atoms with E-state index in [0.717, 1.165) is 5.56 Å². The van der Waals surface area contributed by atoms with Crippen LogP contribution in [0.4, 0.5) is 0 Å². The first-order chi connectivity index (χ1) is 10.6. The van der Waals surface area contributed by atoms with Crippen molar-refractivity contribution in [2.75, 3.05) is 6.54 Å². The molecule has 1 fully saturated rings. The van der Waals surface area contributed by atoms with Crippen LogP contribution in [0.2, 0.25) is 5.02 Å². The lowest BCUT2D eigenvalue weighted by Gasteiger charge is -2.20. The van der Waals surface area contributed by atoms with Crippen molar-refractivity contribution in [3.05, 3.63) is 47.0 Å². The van der Waals surface area contributed by atoms with Crippen molar-refractivity contribution in [3.8, 4) is 0 Å². The summed E-state index contributed by atoms with van der Waals surface area (Å²) in [6.07, 6.45) is 3.24. The molecule has 4 atom stereocenters. The average molecular weight is 322 g/mol. The minimum Gasteiger partial charge on any atom is -0.481 e. The molecule has 2 aliphatic heterocycles. The van der Waals surface area contributed by atoms with Gasteiger partial charge >= 0.3 is 5.97 Å². The van der Waals surface area contributed by atoms with Crippen molar-refractivity contribution in [3.63, 3.8) is 0 Å². The lowest BCUT2D eigenvalue weighted by molar-refractivity contribution is -0.146. The fourth-order valence-corrected chi connectivity index (χ4v) is 3.14. The van der Waals surface area contributed by atoms with E-state index in [1.165, 1.54) is 0 Å². The van der Waals surface area contributed by atoms with Crippen LogP contribution >= 0.6 is 11.6 Å². The van der Waals surface area contributed by atoms with Crippen molar-refractivity contribution in [2.45, 2.75) is 18.6 Å². The van der Waals surface area contributed by atoms with E-state index in [1.54, 1.807) is 24.3 Å². The summed E-state index contributed by atoms with van der Waals surface area (Å²) in [7, 11) is 0. The number of halogens is 1. The predicted octanol–water partition coefficient (Wildman–Crippen LogP) is 1.65. The highest BCUT2D eigenvalue weighted by Gasteiger charge is 2.53. The number of carboxylic acids is 1. The number of fused-ring (bicyclic) bond motifs is 2. The Labute approximate surface area is 132 Å². The summed E-state index contributed by atoms with van der Waals surface area (Å²) >= 11 is 5.82. The quantitative estimate of drug-likeness (QED) is 0.809. The topological polar surface area (TPSA) is 75.6 Å². The zero-order chi connectivity index (χ0) is 15.7. The first kappa shape index (κ1) is 15.1. The molecule has 116 valence electrons. The largest absolute Gasteiger partial charge is 0.481 e. The Balaban J connectivity index is 1.56. The summed E-state index contributed by atoms with van der Waals surface area (Å²) in [4.78, 5) is 23.6. The monoisotopic (exact) mass is 321 g/mol. The molecule has 2 bridgehead atoms. The molecule has 0 spiro atoms. The molecule has 5 nitrogen and oxygen atoms in total.